The largest absolute Gasteiger partial charge is 0.382 e. The van der Waals surface area contributed by atoms with Crippen molar-refractivity contribution in [3.63, 3.8) is 0 Å². The van der Waals surface area contributed by atoms with E-state index in [2.05, 4.69) is 22.2 Å². The summed E-state index contributed by atoms with van der Waals surface area (Å²) in [5.74, 6) is 1.71. The SMILES string of the molecule is CCCc1cc(NC)nc(CCOCCOC)n1. The Bertz CT molecular complexity index is 345. The zero-order valence-electron chi connectivity index (χ0n) is 11.5. The van der Waals surface area contributed by atoms with E-state index < -0.39 is 0 Å². The summed E-state index contributed by atoms with van der Waals surface area (Å²) in [6, 6.07) is 2.00. The summed E-state index contributed by atoms with van der Waals surface area (Å²) in [4.78, 5) is 8.95. The molecule has 5 heteroatoms. The standard InChI is InChI=1S/C13H23N3O2/c1-4-5-11-10-13(14-2)16-12(15-11)6-7-18-9-8-17-3/h10H,4-9H2,1-3H3,(H,14,15,16). The van der Waals surface area contributed by atoms with Crippen LogP contribution >= 0.6 is 0 Å². The van der Waals surface area contributed by atoms with Crippen molar-refractivity contribution in [2.75, 3.05) is 39.3 Å². The maximum absolute atomic E-state index is 5.43. The van der Waals surface area contributed by atoms with Gasteiger partial charge in [0.1, 0.15) is 11.6 Å². The molecule has 0 amide bonds. The van der Waals surface area contributed by atoms with Gasteiger partial charge in [-0.05, 0) is 6.42 Å². The molecule has 1 N–H and O–H groups in total. The number of hydrogen-bond acceptors (Lipinski definition) is 5. The van der Waals surface area contributed by atoms with Crippen molar-refractivity contribution in [1.29, 1.82) is 0 Å². The van der Waals surface area contributed by atoms with Crippen molar-refractivity contribution in [3.8, 4) is 0 Å². The van der Waals surface area contributed by atoms with E-state index in [-0.39, 0.29) is 0 Å². The first-order valence-electron chi connectivity index (χ1n) is 6.41. The normalized spacial score (nSPS) is 10.6. The van der Waals surface area contributed by atoms with Gasteiger partial charge in [-0.3, -0.25) is 0 Å². The summed E-state index contributed by atoms with van der Waals surface area (Å²) in [6.07, 6.45) is 2.80. The molecule has 0 fully saturated rings. The van der Waals surface area contributed by atoms with Crippen LogP contribution in [0, 0.1) is 0 Å². The second kappa shape index (κ2) is 8.83. The second-order valence-corrected chi connectivity index (χ2v) is 4.02. The molecule has 1 aromatic heterocycles. The van der Waals surface area contributed by atoms with Gasteiger partial charge < -0.3 is 14.8 Å². The van der Waals surface area contributed by atoms with Crippen LogP contribution in [0.4, 0.5) is 5.82 Å². The maximum atomic E-state index is 5.43. The van der Waals surface area contributed by atoms with Gasteiger partial charge in [-0.15, -0.1) is 0 Å². The number of ether oxygens (including phenoxy) is 2. The highest BCUT2D eigenvalue weighted by atomic mass is 16.5. The molecule has 0 aliphatic carbocycles. The van der Waals surface area contributed by atoms with Crippen LogP contribution in [0.2, 0.25) is 0 Å². The second-order valence-electron chi connectivity index (χ2n) is 4.02. The van der Waals surface area contributed by atoms with Gasteiger partial charge >= 0.3 is 0 Å². The molecule has 0 saturated heterocycles. The third kappa shape index (κ3) is 5.42. The molecular formula is C13H23N3O2. The average molecular weight is 253 g/mol. The molecule has 1 heterocycles. The summed E-state index contributed by atoms with van der Waals surface area (Å²) >= 11 is 0. The van der Waals surface area contributed by atoms with E-state index in [1.165, 1.54) is 0 Å². The summed E-state index contributed by atoms with van der Waals surface area (Å²) in [6.45, 7) is 4.01. The number of aryl methyl sites for hydroxylation is 1. The third-order valence-corrected chi connectivity index (χ3v) is 2.49. The van der Waals surface area contributed by atoms with Crippen LogP contribution in [-0.4, -0.2) is 43.9 Å². The lowest BCUT2D eigenvalue weighted by Crippen LogP contribution is -2.09. The van der Waals surface area contributed by atoms with Gasteiger partial charge in [-0.1, -0.05) is 13.3 Å². The summed E-state index contributed by atoms with van der Waals surface area (Å²) < 4.78 is 10.3. The van der Waals surface area contributed by atoms with Crippen molar-refractivity contribution < 1.29 is 9.47 Å². The van der Waals surface area contributed by atoms with Gasteiger partial charge in [-0.2, -0.15) is 0 Å². The van der Waals surface area contributed by atoms with Crippen LogP contribution < -0.4 is 5.32 Å². The molecule has 1 aromatic rings. The molecule has 0 aliphatic rings. The predicted octanol–water partition coefficient (Wildman–Crippen LogP) is 1.68. The number of methoxy groups -OCH3 is 1. The molecule has 0 saturated carbocycles. The summed E-state index contributed by atoms with van der Waals surface area (Å²) in [7, 11) is 3.54. The first-order valence-corrected chi connectivity index (χ1v) is 6.41. The molecule has 0 bridgehead atoms. The fourth-order valence-corrected chi connectivity index (χ4v) is 1.58. The Kier molecular flexibility index (Phi) is 7.29. The highest BCUT2D eigenvalue weighted by Gasteiger charge is 2.03. The molecule has 0 aromatic carbocycles. The van der Waals surface area contributed by atoms with Crippen molar-refractivity contribution in [1.82, 2.24) is 9.97 Å². The van der Waals surface area contributed by atoms with Crippen LogP contribution in [0.25, 0.3) is 0 Å². The Balaban J connectivity index is 2.50. The smallest absolute Gasteiger partial charge is 0.133 e. The molecule has 1 rings (SSSR count). The Morgan fingerprint density at radius 1 is 1.17 bits per heavy atom. The van der Waals surface area contributed by atoms with E-state index in [1.54, 1.807) is 7.11 Å². The molecule has 0 atom stereocenters. The predicted molar refractivity (Wildman–Crippen MR) is 72.0 cm³/mol. The molecule has 0 radical (unpaired) electrons. The van der Waals surface area contributed by atoms with Gasteiger partial charge in [0.25, 0.3) is 0 Å². The lowest BCUT2D eigenvalue weighted by molar-refractivity contribution is 0.0716. The van der Waals surface area contributed by atoms with Gasteiger partial charge in [0.15, 0.2) is 0 Å². The zero-order valence-corrected chi connectivity index (χ0v) is 11.5. The van der Waals surface area contributed by atoms with Gasteiger partial charge in [0.2, 0.25) is 0 Å². The Morgan fingerprint density at radius 2 is 2.00 bits per heavy atom. The molecule has 18 heavy (non-hydrogen) atoms. The Labute approximate surface area is 109 Å². The average Bonchev–Trinajstić information content (AvgIpc) is 2.38. The van der Waals surface area contributed by atoms with E-state index in [0.29, 0.717) is 19.8 Å². The topological polar surface area (TPSA) is 56.3 Å². The summed E-state index contributed by atoms with van der Waals surface area (Å²) in [5.41, 5.74) is 1.09. The van der Waals surface area contributed by atoms with Gasteiger partial charge in [-0.25, -0.2) is 9.97 Å². The van der Waals surface area contributed by atoms with Crippen molar-refractivity contribution >= 4 is 5.82 Å². The lowest BCUT2D eigenvalue weighted by Gasteiger charge is -2.07. The van der Waals surface area contributed by atoms with E-state index >= 15 is 0 Å². The molecule has 0 unspecified atom stereocenters. The highest BCUT2D eigenvalue weighted by molar-refractivity contribution is 5.35. The Hall–Kier alpha value is -1.20. The van der Waals surface area contributed by atoms with Crippen LogP contribution in [-0.2, 0) is 22.3 Å². The van der Waals surface area contributed by atoms with E-state index in [0.717, 1.165) is 36.6 Å². The number of hydrogen-bond donors (Lipinski definition) is 1. The van der Waals surface area contributed by atoms with E-state index in [9.17, 15) is 0 Å². The van der Waals surface area contributed by atoms with Crippen LogP contribution in [0.5, 0.6) is 0 Å². The molecule has 0 spiro atoms. The number of aromatic nitrogens is 2. The number of nitrogens with one attached hydrogen (secondary N) is 1. The molecule has 0 aliphatic heterocycles. The number of nitrogens with zero attached hydrogens (tertiary/aromatic N) is 2. The van der Waals surface area contributed by atoms with E-state index in [4.69, 9.17) is 9.47 Å². The first kappa shape index (κ1) is 14.9. The van der Waals surface area contributed by atoms with Gasteiger partial charge in [0, 0.05) is 32.3 Å². The zero-order chi connectivity index (χ0) is 13.2. The minimum Gasteiger partial charge on any atom is -0.382 e. The lowest BCUT2D eigenvalue weighted by atomic mass is 10.2. The molecule has 5 nitrogen and oxygen atoms in total. The quantitative estimate of drug-likeness (QED) is 0.679. The molecular weight excluding hydrogens is 230 g/mol. The summed E-state index contributed by atoms with van der Waals surface area (Å²) in [5, 5.41) is 3.06. The molecule has 102 valence electrons. The number of rotatable bonds is 9. The van der Waals surface area contributed by atoms with Crippen molar-refractivity contribution in [2.45, 2.75) is 26.2 Å². The Morgan fingerprint density at radius 3 is 2.67 bits per heavy atom. The van der Waals surface area contributed by atoms with Gasteiger partial charge in [0.05, 0.1) is 19.8 Å². The van der Waals surface area contributed by atoms with Crippen molar-refractivity contribution in [2.24, 2.45) is 0 Å². The highest BCUT2D eigenvalue weighted by Crippen LogP contribution is 2.08. The maximum Gasteiger partial charge on any atom is 0.133 e. The van der Waals surface area contributed by atoms with Crippen LogP contribution in [0.1, 0.15) is 24.9 Å². The van der Waals surface area contributed by atoms with Crippen molar-refractivity contribution in [3.05, 3.63) is 17.6 Å². The minimum absolute atomic E-state index is 0.615. The fraction of sp³-hybridized carbons (Fsp3) is 0.692. The number of anilines is 1. The van der Waals surface area contributed by atoms with E-state index in [1.807, 2.05) is 13.1 Å². The third-order valence-electron chi connectivity index (χ3n) is 2.49. The minimum atomic E-state index is 0.615. The first-order chi connectivity index (χ1) is 8.80. The van der Waals surface area contributed by atoms with Crippen LogP contribution in [0.15, 0.2) is 6.07 Å². The van der Waals surface area contributed by atoms with Crippen LogP contribution in [0.3, 0.4) is 0 Å². The fourth-order valence-electron chi connectivity index (χ4n) is 1.58. The monoisotopic (exact) mass is 253 g/mol.